The monoisotopic (exact) mass is 396 g/mol. The molecular weight excluding hydrogens is 372 g/mol. The van der Waals surface area contributed by atoms with Crippen LogP contribution in [0.2, 0.25) is 0 Å². The third-order valence-corrected chi connectivity index (χ3v) is 5.33. The molecule has 6 nitrogen and oxygen atoms in total. The van der Waals surface area contributed by atoms with Gasteiger partial charge in [0, 0.05) is 11.1 Å². The summed E-state index contributed by atoms with van der Waals surface area (Å²) in [7, 11) is 1.58. The molecule has 2 aromatic carbocycles. The zero-order valence-corrected chi connectivity index (χ0v) is 16.6. The molecule has 1 N–H and O–H groups in total. The summed E-state index contributed by atoms with van der Waals surface area (Å²) in [6.07, 6.45) is 3.41. The second-order valence-corrected chi connectivity index (χ2v) is 7.14. The Kier molecular flexibility index (Phi) is 5.20. The summed E-state index contributed by atoms with van der Waals surface area (Å²) < 4.78 is 21.6. The van der Waals surface area contributed by atoms with Gasteiger partial charge in [0.1, 0.15) is 5.75 Å². The van der Waals surface area contributed by atoms with Crippen LogP contribution in [0, 0.1) is 0 Å². The van der Waals surface area contributed by atoms with Gasteiger partial charge in [0.05, 0.1) is 12.7 Å². The standard InChI is InChI=1S/C23H24O6/c1-3-4-5-6-18-21(15-7-12-19-20(13-15)28-14-27-19)22(24)29-23(18,25)16-8-10-17(26-2)11-9-16/h7-13,25H,3-6,14H2,1-2H3. The van der Waals surface area contributed by atoms with E-state index in [0.29, 0.717) is 45.9 Å². The number of ether oxygens (including phenoxy) is 4. The zero-order valence-electron chi connectivity index (χ0n) is 16.6. The van der Waals surface area contributed by atoms with E-state index in [4.69, 9.17) is 18.9 Å². The molecule has 6 heteroatoms. The molecule has 29 heavy (non-hydrogen) atoms. The Bertz CT molecular complexity index is 946. The van der Waals surface area contributed by atoms with Crippen LogP contribution in [0.1, 0.15) is 43.7 Å². The van der Waals surface area contributed by atoms with Crippen LogP contribution >= 0.6 is 0 Å². The molecule has 0 saturated heterocycles. The van der Waals surface area contributed by atoms with Crippen LogP contribution in [0.15, 0.2) is 48.0 Å². The molecule has 0 radical (unpaired) electrons. The van der Waals surface area contributed by atoms with Crippen LogP contribution in [0.25, 0.3) is 5.57 Å². The van der Waals surface area contributed by atoms with E-state index in [1.54, 1.807) is 49.6 Å². The van der Waals surface area contributed by atoms with E-state index in [1.807, 2.05) is 0 Å². The molecule has 2 aliphatic heterocycles. The minimum Gasteiger partial charge on any atom is -0.497 e. The molecule has 2 heterocycles. The highest BCUT2D eigenvalue weighted by Crippen LogP contribution is 2.47. The number of esters is 1. The zero-order chi connectivity index (χ0) is 20.4. The van der Waals surface area contributed by atoms with Gasteiger partial charge < -0.3 is 24.1 Å². The summed E-state index contributed by atoms with van der Waals surface area (Å²) in [6.45, 7) is 2.26. The SMILES string of the molecule is CCCCCC1=C(c2ccc3c(c2)OCO3)C(=O)OC1(O)c1ccc(OC)cc1. The maximum absolute atomic E-state index is 12.9. The van der Waals surface area contributed by atoms with Gasteiger partial charge in [0.2, 0.25) is 6.79 Å². The van der Waals surface area contributed by atoms with Crippen LogP contribution in [-0.4, -0.2) is 25.0 Å². The van der Waals surface area contributed by atoms with E-state index in [2.05, 4.69) is 6.92 Å². The largest absolute Gasteiger partial charge is 0.497 e. The van der Waals surface area contributed by atoms with E-state index in [0.717, 1.165) is 19.3 Å². The van der Waals surface area contributed by atoms with Crippen molar-refractivity contribution in [2.45, 2.75) is 38.4 Å². The number of hydrogen-bond acceptors (Lipinski definition) is 6. The molecule has 4 rings (SSSR count). The Hall–Kier alpha value is -2.99. The highest BCUT2D eigenvalue weighted by Gasteiger charge is 2.47. The van der Waals surface area contributed by atoms with E-state index < -0.39 is 11.8 Å². The molecule has 0 fully saturated rings. The maximum Gasteiger partial charge on any atom is 0.341 e. The van der Waals surface area contributed by atoms with Gasteiger partial charge in [-0.25, -0.2) is 4.79 Å². The summed E-state index contributed by atoms with van der Waals surface area (Å²) in [6, 6.07) is 12.2. The molecule has 1 atom stereocenters. The number of methoxy groups -OCH3 is 1. The number of fused-ring (bicyclic) bond motifs is 1. The van der Waals surface area contributed by atoms with E-state index in [-0.39, 0.29) is 6.79 Å². The normalized spacial score (nSPS) is 20.2. The molecule has 0 aromatic heterocycles. The van der Waals surface area contributed by atoms with Gasteiger partial charge >= 0.3 is 5.97 Å². The average molecular weight is 396 g/mol. The first kappa shape index (κ1) is 19.3. The number of cyclic esters (lactones) is 1. The van der Waals surface area contributed by atoms with Crippen LogP contribution in [0.4, 0.5) is 0 Å². The van der Waals surface area contributed by atoms with Crippen molar-refractivity contribution in [3.05, 3.63) is 59.2 Å². The average Bonchev–Trinajstić information content (AvgIpc) is 3.30. The van der Waals surface area contributed by atoms with Crippen molar-refractivity contribution >= 4 is 11.5 Å². The molecule has 0 spiro atoms. The number of rotatable bonds is 7. The predicted molar refractivity (Wildman–Crippen MR) is 107 cm³/mol. The van der Waals surface area contributed by atoms with Gasteiger partial charge in [-0.15, -0.1) is 0 Å². The molecule has 0 amide bonds. The van der Waals surface area contributed by atoms with Gasteiger partial charge in [0.15, 0.2) is 11.5 Å². The van der Waals surface area contributed by atoms with E-state index >= 15 is 0 Å². The smallest absolute Gasteiger partial charge is 0.341 e. The Labute approximate surface area is 169 Å². The third kappa shape index (κ3) is 3.44. The fraction of sp³-hybridized carbons (Fsp3) is 0.348. The lowest BCUT2D eigenvalue weighted by Crippen LogP contribution is -2.28. The fourth-order valence-electron chi connectivity index (χ4n) is 3.78. The van der Waals surface area contributed by atoms with Gasteiger partial charge in [-0.2, -0.15) is 0 Å². The van der Waals surface area contributed by atoms with Crippen LogP contribution in [0.5, 0.6) is 17.2 Å². The molecule has 0 aliphatic carbocycles. The molecular formula is C23H24O6. The lowest BCUT2D eigenvalue weighted by atomic mass is 9.88. The van der Waals surface area contributed by atoms with Crippen LogP contribution in [0.3, 0.4) is 0 Å². The molecule has 2 aromatic rings. The lowest BCUT2D eigenvalue weighted by molar-refractivity contribution is -0.185. The number of aliphatic hydroxyl groups is 1. The van der Waals surface area contributed by atoms with Gasteiger partial charge in [-0.05, 0) is 54.8 Å². The van der Waals surface area contributed by atoms with Gasteiger partial charge in [-0.3, -0.25) is 0 Å². The second-order valence-electron chi connectivity index (χ2n) is 7.14. The van der Waals surface area contributed by atoms with Gasteiger partial charge in [-0.1, -0.05) is 25.8 Å². The number of benzene rings is 2. The first-order valence-electron chi connectivity index (χ1n) is 9.80. The van der Waals surface area contributed by atoms with Gasteiger partial charge in [0.25, 0.3) is 5.79 Å². The summed E-state index contributed by atoms with van der Waals surface area (Å²) >= 11 is 0. The Morgan fingerprint density at radius 3 is 2.55 bits per heavy atom. The Morgan fingerprint density at radius 1 is 1.07 bits per heavy atom. The number of unbranched alkanes of at least 4 members (excludes halogenated alkanes) is 2. The first-order chi connectivity index (χ1) is 14.1. The maximum atomic E-state index is 12.9. The quantitative estimate of drug-likeness (QED) is 0.560. The van der Waals surface area contributed by atoms with Crippen molar-refractivity contribution in [1.29, 1.82) is 0 Å². The van der Waals surface area contributed by atoms with Crippen molar-refractivity contribution < 1.29 is 28.8 Å². The minimum atomic E-state index is -1.80. The van der Waals surface area contributed by atoms with E-state index in [9.17, 15) is 9.90 Å². The molecule has 0 saturated carbocycles. The molecule has 152 valence electrons. The highest BCUT2D eigenvalue weighted by molar-refractivity contribution is 6.20. The van der Waals surface area contributed by atoms with Crippen molar-refractivity contribution in [2.24, 2.45) is 0 Å². The van der Waals surface area contributed by atoms with Crippen molar-refractivity contribution in [2.75, 3.05) is 13.9 Å². The van der Waals surface area contributed by atoms with E-state index in [1.165, 1.54) is 0 Å². The molecule has 2 aliphatic rings. The number of hydrogen-bond donors (Lipinski definition) is 1. The lowest BCUT2D eigenvalue weighted by Gasteiger charge is -2.25. The van der Waals surface area contributed by atoms with Crippen LogP contribution in [-0.2, 0) is 15.3 Å². The predicted octanol–water partition coefficient (Wildman–Crippen LogP) is 4.16. The third-order valence-electron chi connectivity index (χ3n) is 5.33. The second kappa shape index (κ2) is 7.79. The van der Waals surface area contributed by atoms with Crippen molar-refractivity contribution in [1.82, 2.24) is 0 Å². The Morgan fingerprint density at radius 2 is 1.83 bits per heavy atom. The minimum absolute atomic E-state index is 0.154. The van der Waals surface area contributed by atoms with Crippen molar-refractivity contribution in [3.63, 3.8) is 0 Å². The molecule has 1 unspecified atom stereocenters. The first-order valence-corrected chi connectivity index (χ1v) is 9.80. The summed E-state index contributed by atoms with van der Waals surface area (Å²) in [5.41, 5.74) is 2.10. The highest BCUT2D eigenvalue weighted by atomic mass is 16.7. The fourth-order valence-corrected chi connectivity index (χ4v) is 3.78. The Balaban J connectivity index is 1.80. The molecule has 0 bridgehead atoms. The summed E-state index contributed by atoms with van der Waals surface area (Å²) in [5, 5.41) is 11.5. The number of carbonyl (C=O) groups excluding carboxylic acids is 1. The number of carbonyl (C=O) groups is 1. The summed E-state index contributed by atoms with van der Waals surface area (Å²) in [4.78, 5) is 12.9. The van der Waals surface area contributed by atoms with Crippen molar-refractivity contribution in [3.8, 4) is 17.2 Å². The summed E-state index contributed by atoms with van der Waals surface area (Å²) in [5.74, 6) is -0.472. The topological polar surface area (TPSA) is 74.2 Å². The van der Waals surface area contributed by atoms with Crippen LogP contribution < -0.4 is 14.2 Å².